The molecule has 4 heteroatoms. The average molecular weight is 359 g/mol. The first-order valence-electron chi connectivity index (χ1n) is 10.4. The van der Waals surface area contributed by atoms with E-state index in [0.29, 0.717) is 17.7 Å². The van der Waals surface area contributed by atoms with E-state index in [0.717, 1.165) is 44.0 Å². The van der Waals surface area contributed by atoms with Gasteiger partial charge >= 0.3 is 0 Å². The zero-order chi connectivity index (χ0) is 18.1. The predicted molar refractivity (Wildman–Crippen MR) is 101 cm³/mol. The van der Waals surface area contributed by atoms with Crippen molar-refractivity contribution in [2.24, 2.45) is 17.8 Å². The highest BCUT2D eigenvalue weighted by molar-refractivity contribution is 5.83. The number of likely N-dealkylation sites (tertiary alicyclic amines) is 2. The van der Waals surface area contributed by atoms with Crippen LogP contribution in [0.15, 0.2) is 24.3 Å². The van der Waals surface area contributed by atoms with Crippen molar-refractivity contribution in [1.82, 2.24) is 9.80 Å². The molecular weight excluding hydrogens is 327 g/mol. The maximum absolute atomic E-state index is 13.1. The summed E-state index contributed by atoms with van der Waals surface area (Å²) in [5.74, 6) is 2.04. The molecule has 4 rings (SSSR count). The molecule has 1 aliphatic carbocycles. The second-order valence-corrected chi connectivity index (χ2v) is 8.78. The summed E-state index contributed by atoms with van der Waals surface area (Å²) in [6, 6.07) is 6.68. The Hall–Kier alpha value is -1.42. The van der Waals surface area contributed by atoms with E-state index < -0.39 is 0 Å². The highest BCUT2D eigenvalue weighted by Gasteiger charge is 2.46. The third kappa shape index (κ3) is 4.11. The summed E-state index contributed by atoms with van der Waals surface area (Å²) >= 11 is 0. The monoisotopic (exact) mass is 358 g/mol. The standard InChI is InChI=1S/C22H31FN2O/c1-16-8-11-24(12-9-16)14-17-3-2-10-25(15-17)22(26)21-13-20(21)18-4-6-19(23)7-5-18/h4-7,16-17,20-21H,2-3,8-15H2,1H3. The molecule has 0 bridgehead atoms. The van der Waals surface area contributed by atoms with Crippen LogP contribution in [0.25, 0.3) is 0 Å². The number of carbonyl (C=O) groups is 1. The fraction of sp³-hybridized carbons (Fsp3) is 0.682. The Morgan fingerprint density at radius 1 is 1.12 bits per heavy atom. The minimum Gasteiger partial charge on any atom is -0.342 e. The fourth-order valence-corrected chi connectivity index (χ4v) is 4.80. The Morgan fingerprint density at radius 3 is 2.58 bits per heavy atom. The first kappa shape index (κ1) is 18.0. The Balaban J connectivity index is 1.29. The number of hydrogen-bond donors (Lipinski definition) is 0. The third-order valence-electron chi connectivity index (χ3n) is 6.63. The zero-order valence-electron chi connectivity index (χ0n) is 15.9. The van der Waals surface area contributed by atoms with Gasteiger partial charge < -0.3 is 9.80 Å². The van der Waals surface area contributed by atoms with Gasteiger partial charge in [0.25, 0.3) is 0 Å². The summed E-state index contributed by atoms with van der Waals surface area (Å²) in [5, 5.41) is 0. The van der Waals surface area contributed by atoms with E-state index >= 15 is 0 Å². The molecule has 26 heavy (non-hydrogen) atoms. The molecule has 0 N–H and O–H groups in total. The Labute approximate surface area is 156 Å². The van der Waals surface area contributed by atoms with Crippen LogP contribution in [0.5, 0.6) is 0 Å². The number of amides is 1. The molecular formula is C22H31FN2O. The molecule has 3 fully saturated rings. The van der Waals surface area contributed by atoms with Crippen molar-refractivity contribution < 1.29 is 9.18 Å². The number of halogens is 1. The van der Waals surface area contributed by atoms with Gasteiger partial charge in [0.05, 0.1) is 0 Å². The minimum absolute atomic E-state index is 0.120. The molecule has 1 amide bonds. The maximum Gasteiger partial charge on any atom is 0.226 e. The van der Waals surface area contributed by atoms with Crippen LogP contribution in [0.2, 0.25) is 0 Å². The molecule has 3 aliphatic rings. The number of carbonyl (C=O) groups excluding carboxylic acids is 1. The number of rotatable bonds is 4. The second kappa shape index (κ2) is 7.67. The highest BCUT2D eigenvalue weighted by atomic mass is 19.1. The summed E-state index contributed by atoms with van der Waals surface area (Å²) in [6.07, 6.45) is 5.94. The number of nitrogens with zero attached hydrogens (tertiary/aromatic N) is 2. The molecule has 2 saturated heterocycles. The lowest BCUT2D eigenvalue weighted by molar-refractivity contribution is -0.134. The topological polar surface area (TPSA) is 23.6 Å². The quantitative estimate of drug-likeness (QED) is 0.815. The van der Waals surface area contributed by atoms with Crippen molar-refractivity contribution in [2.75, 3.05) is 32.7 Å². The smallest absolute Gasteiger partial charge is 0.226 e. The molecule has 3 nitrogen and oxygen atoms in total. The lowest BCUT2D eigenvalue weighted by atomic mass is 9.94. The van der Waals surface area contributed by atoms with Gasteiger partial charge in [-0.25, -0.2) is 4.39 Å². The molecule has 0 spiro atoms. The SMILES string of the molecule is CC1CCN(CC2CCCN(C(=O)C3CC3c3ccc(F)cc3)C2)CC1. The van der Waals surface area contributed by atoms with Crippen molar-refractivity contribution in [3.63, 3.8) is 0 Å². The summed E-state index contributed by atoms with van der Waals surface area (Å²) < 4.78 is 13.1. The molecule has 2 aliphatic heterocycles. The molecule has 142 valence electrons. The van der Waals surface area contributed by atoms with Crippen LogP contribution >= 0.6 is 0 Å². The van der Waals surface area contributed by atoms with E-state index in [-0.39, 0.29) is 11.7 Å². The molecule has 0 aromatic heterocycles. The number of piperidine rings is 2. The molecule has 0 radical (unpaired) electrons. The van der Waals surface area contributed by atoms with Crippen molar-refractivity contribution in [3.05, 3.63) is 35.6 Å². The van der Waals surface area contributed by atoms with Gasteiger partial charge in [-0.2, -0.15) is 0 Å². The van der Waals surface area contributed by atoms with Crippen LogP contribution in [-0.4, -0.2) is 48.4 Å². The normalized spacial score (nSPS) is 30.4. The van der Waals surface area contributed by atoms with Crippen LogP contribution in [0.3, 0.4) is 0 Å². The molecule has 3 unspecified atom stereocenters. The molecule has 1 aromatic carbocycles. The van der Waals surface area contributed by atoms with Gasteiger partial charge in [0.2, 0.25) is 5.91 Å². The van der Waals surface area contributed by atoms with Crippen molar-refractivity contribution in [3.8, 4) is 0 Å². The second-order valence-electron chi connectivity index (χ2n) is 8.78. The van der Waals surface area contributed by atoms with E-state index in [9.17, 15) is 9.18 Å². The summed E-state index contributed by atoms with van der Waals surface area (Å²) in [5.41, 5.74) is 1.11. The van der Waals surface area contributed by atoms with Gasteiger partial charge in [0, 0.05) is 25.6 Å². The summed E-state index contributed by atoms with van der Waals surface area (Å²) in [6.45, 7) is 7.80. The van der Waals surface area contributed by atoms with Crippen molar-refractivity contribution >= 4 is 5.91 Å². The lowest BCUT2D eigenvalue weighted by Gasteiger charge is -2.38. The van der Waals surface area contributed by atoms with Crippen molar-refractivity contribution in [2.45, 2.75) is 44.9 Å². The number of benzene rings is 1. The summed E-state index contributed by atoms with van der Waals surface area (Å²) in [4.78, 5) is 17.7. The molecule has 1 saturated carbocycles. The van der Waals surface area contributed by atoms with E-state index in [2.05, 4.69) is 16.7 Å². The predicted octanol–water partition coefficient (Wildman–Crippen LogP) is 3.90. The highest BCUT2D eigenvalue weighted by Crippen LogP contribution is 2.48. The van der Waals surface area contributed by atoms with Crippen LogP contribution in [0, 0.1) is 23.6 Å². The summed E-state index contributed by atoms with van der Waals surface area (Å²) in [7, 11) is 0. The largest absolute Gasteiger partial charge is 0.342 e. The van der Waals surface area contributed by atoms with Gasteiger partial charge in [-0.3, -0.25) is 4.79 Å². The van der Waals surface area contributed by atoms with Gasteiger partial charge in [0.1, 0.15) is 5.82 Å². The lowest BCUT2D eigenvalue weighted by Crippen LogP contribution is -2.45. The van der Waals surface area contributed by atoms with Gasteiger partial charge in [-0.05, 0) is 80.6 Å². The van der Waals surface area contributed by atoms with Gasteiger partial charge in [0.15, 0.2) is 0 Å². The van der Waals surface area contributed by atoms with E-state index in [1.54, 1.807) is 0 Å². The van der Waals surface area contributed by atoms with Crippen LogP contribution < -0.4 is 0 Å². The van der Waals surface area contributed by atoms with Crippen LogP contribution in [0.1, 0.15) is 50.5 Å². The van der Waals surface area contributed by atoms with Crippen molar-refractivity contribution in [1.29, 1.82) is 0 Å². The molecule has 1 aromatic rings. The Morgan fingerprint density at radius 2 is 1.85 bits per heavy atom. The third-order valence-corrected chi connectivity index (χ3v) is 6.63. The Bertz CT molecular complexity index is 624. The first-order chi connectivity index (χ1) is 12.6. The van der Waals surface area contributed by atoms with E-state index in [1.807, 2.05) is 12.1 Å². The van der Waals surface area contributed by atoms with E-state index in [1.165, 1.54) is 44.5 Å². The van der Waals surface area contributed by atoms with Gasteiger partial charge in [-0.15, -0.1) is 0 Å². The first-order valence-corrected chi connectivity index (χ1v) is 10.4. The maximum atomic E-state index is 13.1. The zero-order valence-corrected chi connectivity index (χ0v) is 15.9. The van der Waals surface area contributed by atoms with E-state index in [4.69, 9.17) is 0 Å². The Kier molecular flexibility index (Phi) is 5.30. The van der Waals surface area contributed by atoms with Crippen LogP contribution in [0.4, 0.5) is 4.39 Å². The fourth-order valence-electron chi connectivity index (χ4n) is 4.80. The number of hydrogen-bond acceptors (Lipinski definition) is 2. The molecule has 2 heterocycles. The minimum atomic E-state index is -0.205. The molecule has 3 atom stereocenters. The average Bonchev–Trinajstić information content (AvgIpc) is 3.45. The van der Waals surface area contributed by atoms with Crippen LogP contribution in [-0.2, 0) is 4.79 Å². The van der Waals surface area contributed by atoms with Gasteiger partial charge in [-0.1, -0.05) is 19.1 Å².